The van der Waals surface area contributed by atoms with Gasteiger partial charge in [-0.1, -0.05) is 12.8 Å². The summed E-state index contributed by atoms with van der Waals surface area (Å²) in [7, 11) is -2.30. The summed E-state index contributed by atoms with van der Waals surface area (Å²) in [6.45, 7) is 1.38. The van der Waals surface area contributed by atoms with Gasteiger partial charge in [-0.2, -0.15) is 4.31 Å². The van der Waals surface area contributed by atoms with Crippen LogP contribution in [0.2, 0.25) is 0 Å². The molecule has 2 heterocycles. The average Bonchev–Trinajstić information content (AvgIpc) is 3.06. The summed E-state index contributed by atoms with van der Waals surface area (Å²) in [4.78, 5) is 12.5. The number of nitrogens with zero attached hydrogens (tertiary/aromatic N) is 1. The highest BCUT2D eigenvalue weighted by Crippen LogP contribution is 2.29. The highest BCUT2D eigenvalue weighted by Gasteiger charge is 2.29. The number of carbonyl (C=O) groups is 1. The summed E-state index contributed by atoms with van der Waals surface area (Å²) in [5.74, 6) is 0.692. The second-order valence-corrected chi connectivity index (χ2v) is 8.68. The van der Waals surface area contributed by atoms with E-state index in [1.54, 1.807) is 18.4 Å². The molecule has 0 spiro atoms. The molecule has 1 fully saturated rings. The molecular weight excluding hydrogens is 380 g/mol. The number of amides is 1. The first-order valence-corrected chi connectivity index (χ1v) is 10.9. The zero-order chi connectivity index (χ0) is 20.0. The van der Waals surface area contributed by atoms with E-state index in [0.717, 1.165) is 31.4 Å². The van der Waals surface area contributed by atoms with Crippen LogP contribution in [0.25, 0.3) is 0 Å². The number of hydrogen-bond donors (Lipinski definition) is 1. The number of furan rings is 1. The molecule has 2 aromatic rings. The van der Waals surface area contributed by atoms with Gasteiger partial charge in [0, 0.05) is 31.6 Å². The van der Waals surface area contributed by atoms with Gasteiger partial charge in [0.25, 0.3) is 5.91 Å². The van der Waals surface area contributed by atoms with E-state index in [4.69, 9.17) is 9.15 Å². The van der Waals surface area contributed by atoms with E-state index in [1.165, 1.54) is 23.5 Å². The molecule has 1 aromatic heterocycles. The molecule has 7 nitrogen and oxygen atoms in total. The number of nitrogens with one attached hydrogen (secondary N) is 1. The van der Waals surface area contributed by atoms with E-state index >= 15 is 0 Å². The molecule has 8 heteroatoms. The lowest BCUT2D eigenvalue weighted by Gasteiger charge is -2.21. The van der Waals surface area contributed by atoms with Gasteiger partial charge in [0.15, 0.2) is 0 Å². The molecule has 152 valence electrons. The Morgan fingerprint density at radius 3 is 2.57 bits per heavy atom. The Morgan fingerprint density at radius 1 is 1.18 bits per heavy atom. The van der Waals surface area contributed by atoms with Crippen molar-refractivity contribution in [3.05, 3.63) is 47.9 Å². The third kappa shape index (κ3) is 4.74. The van der Waals surface area contributed by atoms with Crippen LogP contribution in [0.3, 0.4) is 0 Å². The highest BCUT2D eigenvalue weighted by molar-refractivity contribution is 7.89. The zero-order valence-corrected chi connectivity index (χ0v) is 16.8. The van der Waals surface area contributed by atoms with Gasteiger partial charge in [-0.25, -0.2) is 8.42 Å². The lowest BCUT2D eigenvalue weighted by molar-refractivity contribution is 0.0953. The van der Waals surface area contributed by atoms with Gasteiger partial charge in [0.2, 0.25) is 10.0 Å². The third-order valence-electron chi connectivity index (χ3n) is 4.85. The van der Waals surface area contributed by atoms with Crippen LogP contribution in [0, 0.1) is 0 Å². The van der Waals surface area contributed by atoms with E-state index in [-0.39, 0.29) is 22.1 Å². The fourth-order valence-corrected chi connectivity index (χ4v) is 5.00. The molecule has 3 rings (SSSR count). The predicted octanol–water partition coefficient (Wildman–Crippen LogP) is 2.83. The van der Waals surface area contributed by atoms with Crippen molar-refractivity contribution in [2.45, 2.75) is 37.0 Å². The maximum atomic E-state index is 13.2. The summed E-state index contributed by atoms with van der Waals surface area (Å²) >= 11 is 0. The van der Waals surface area contributed by atoms with Gasteiger partial charge in [0.1, 0.15) is 16.4 Å². The molecule has 1 saturated heterocycles. The Hall–Kier alpha value is -2.32. The molecule has 1 aliphatic rings. The lowest BCUT2D eigenvalue weighted by Crippen LogP contribution is -2.32. The topological polar surface area (TPSA) is 88.8 Å². The van der Waals surface area contributed by atoms with Crippen LogP contribution in [0.15, 0.2) is 45.9 Å². The Bertz CT molecular complexity index is 885. The van der Waals surface area contributed by atoms with Crippen molar-refractivity contribution in [2.24, 2.45) is 0 Å². The smallest absolute Gasteiger partial charge is 0.251 e. The van der Waals surface area contributed by atoms with Crippen LogP contribution in [-0.2, 0) is 16.4 Å². The number of benzene rings is 1. The summed E-state index contributed by atoms with van der Waals surface area (Å²) in [6, 6.07) is 8.14. The highest BCUT2D eigenvalue weighted by atomic mass is 32.2. The number of sulfonamides is 1. The Labute approximate surface area is 165 Å². The molecule has 28 heavy (non-hydrogen) atoms. The molecule has 1 aliphatic heterocycles. The monoisotopic (exact) mass is 406 g/mol. The molecule has 1 aromatic carbocycles. The first-order valence-electron chi connectivity index (χ1n) is 9.51. The molecule has 1 N–H and O–H groups in total. The Kier molecular flexibility index (Phi) is 6.74. The molecule has 0 radical (unpaired) electrons. The van der Waals surface area contributed by atoms with E-state index in [9.17, 15) is 13.2 Å². The van der Waals surface area contributed by atoms with Crippen molar-refractivity contribution >= 4 is 15.9 Å². The van der Waals surface area contributed by atoms with Gasteiger partial charge < -0.3 is 14.5 Å². The number of carbonyl (C=O) groups excluding carboxylic acids is 1. The van der Waals surface area contributed by atoms with E-state index in [1.807, 2.05) is 6.07 Å². The lowest BCUT2D eigenvalue weighted by atomic mass is 10.2. The maximum absolute atomic E-state index is 13.2. The zero-order valence-electron chi connectivity index (χ0n) is 16.0. The minimum Gasteiger partial charge on any atom is -0.495 e. The summed E-state index contributed by atoms with van der Waals surface area (Å²) in [6.07, 6.45) is 5.89. The number of hydrogen-bond acceptors (Lipinski definition) is 5. The molecule has 0 saturated carbocycles. The van der Waals surface area contributed by atoms with Crippen molar-refractivity contribution in [1.82, 2.24) is 9.62 Å². The van der Waals surface area contributed by atoms with Crippen LogP contribution in [0.1, 0.15) is 41.8 Å². The minimum atomic E-state index is -3.73. The Morgan fingerprint density at radius 2 is 1.93 bits per heavy atom. The van der Waals surface area contributed by atoms with Gasteiger partial charge in [0.05, 0.1) is 13.4 Å². The third-order valence-corrected chi connectivity index (χ3v) is 6.77. The summed E-state index contributed by atoms with van der Waals surface area (Å²) in [5, 5.41) is 2.79. The first-order chi connectivity index (χ1) is 13.5. The molecule has 0 unspecified atom stereocenters. The fourth-order valence-electron chi connectivity index (χ4n) is 3.30. The van der Waals surface area contributed by atoms with E-state index in [0.29, 0.717) is 26.1 Å². The van der Waals surface area contributed by atoms with Gasteiger partial charge in [-0.15, -0.1) is 0 Å². The van der Waals surface area contributed by atoms with Crippen LogP contribution < -0.4 is 10.1 Å². The van der Waals surface area contributed by atoms with Gasteiger partial charge in [-0.3, -0.25) is 4.79 Å². The SMILES string of the molecule is COc1ccc(C(=O)NCCc2ccco2)cc1S(=O)(=O)N1CCCCCC1. The second kappa shape index (κ2) is 9.25. The fraction of sp³-hybridized carbons (Fsp3) is 0.450. The predicted molar refractivity (Wildman–Crippen MR) is 105 cm³/mol. The summed E-state index contributed by atoms with van der Waals surface area (Å²) < 4.78 is 38.3. The van der Waals surface area contributed by atoms with Crippen molar-refractivity contribution in [3.8, 4) is 5.75 Å². The van der Waals surface area contributed by atoms with Crippen LogP contribution >= 0.6 is 0 Å². The maximum Gasteiger partial charge on any atom is 0.251 e. The van der Waals surface area contributed by atoms with Crippen LogP contribution in [0.4, 0.5) is 0 Å². The molecule has 0 aliphatic carbocycles. The first kappa shape index (κ1) is 20.4. The average molecular weight is 407 g/mol. The van der Waals surface area contributed by atoms with Crippen LogP contribution in [-0.4, -0.2) is 45.4 Å². The van der Waals surface area contributed by atoms with E-state index in [2.05, 4.69) is 5.32 Å². The minimum absolute atomic E-state index is 0.0376. The van der Waals surface area contributed by atoms with Crippen molar-refractivity contribution in [3.63, 3.8) is 0 Å². The van der Waals surface area contributed by atoms with Gasteiger partial charge in [-0.05, 0) is 43.2 Å². The standard InChI is InChI=1S/C20H26N2O5S/c1-26-18-9-8-16(20(23)21-11-10-17-7-6-14-27-17)15-19(18)28(24,25)22-12-4-2-3-5-13-22/h6-9,14-15H,2-5,10-13H2,1H3,(H,21,23). The van der Waals surface area contributed by atoms with Crippen molar-refractivity contribution in [2.75, 3.05) is 26.7 Å². The number of rotatable bonds is 7. The van der Waals surface area contributed by atoms with Crippen molar-refractivity contribution in [1.29, 1.82) is 0 Å². The van der Waals surface area contributed by atoms with Crippen LogP contribution in [0.5, 0.6) is 5.75 Å². The number of methoxy groups -OCH3 is 1. The molecule has 0 bridgehead atoms. The summed E-state index contributed by atoms with van der Waals surface area (Å²) in [5.41, 5.74) is 0.286. The van der Waals surface area contributed by atoms with E-state index < -0.39 is 10.0 Å². The molecular formula is C20H26N2O5S. The second-order valence-electron chi connectivity index (χ2n) is 6.77. The normalized spacial score (nSPS) is 15.8. The largest absolute Gasteiger partial charge is 0.495 e. The van der Waals surface area contributed by atoms with Gasteiger partial charge >= 0.3 is 0 Å². The molecule has 1 amide bonds. The number of ether oxygens (including phenoxy) is 1. The van der Waals surface area contributed by atoms with Crippen molar-refractivity contribution < 1.29 is 22.4 Å². The molecule has 0 atom stereocenters. The Balaban J connectivity index is 1.77. The quantitative estimate of drug-likeness (QED) is 0.764.